The number of thiazole rings is 1. The number of carbonyl (C=O) groups excluding carboxylic acids is 1. The van der Waals surface area contributed by atoms with Crippen LogP contribution in [0.3, 0.4) is 0 Å². The van der Waals surface area contributed by atoms with Crippen molar-refractivity contribution in [2.24, 2.45) is 0 Å². The number of hydrogen-bond acceptors (Lipinski definition) is 5. The van der Waals surface area contributed by atoms with Crippen LogP contribution < -0.4 is 0 Å². The second kappa shape index (κ2) is 6.81. The minimum absolute atomic E-state index is 0.0267. The number of carboxylic acids is 1. The Balaban J connectivity index is 1.89. The van der Waals surface area contributed by atoms with Gasteiger partial charge >= 0.3 is 5.97 Å². The number of carboxylic acid groups (broad SMARTS) is 1. The van der Waals surface area contributed by atoms with Crippen molar-refractivity contribution in [1.29, 1.82) is 0 Å². The summed E-state index contributed by atoms with van der Waals surface area (Å²) >= 11 is 1.36. The molecule has 1 aliphatic heterocycles. The quantitative estimate of drug-likeness (QED) is 0.868. The Bertz CT molecular complexity index is 482. The van der Waals surface area contributed by atoms with Crippen LogP contribution in [0.4, 0.5) is 0 Å². The lowest BCUT2D eigenvalue weighted by molar-refractivity contribution is -0.137. The van der Waals surface area contributed by atoms with E-state index in [0.717, 1.165) is 24.5 Å². The zero-order valence-corrected chi connectivity index (χ0v) is 12.2. The number of aliphatic carboxylic acids is 1. The number of carbonyl (C=O) groups is 2. The number of aromatic nitrogens is 1. The molecule has 6 nitrogen and oxygen atoms in total. The van der Waals surface area contributed by atoms with Gasteiger partial charge in [-0.05, 0) is 19.3 Å². The molecule has 0 saturated carbocycles. The van der Waals surface area contributed by atoms with Gasteiger partial charge < -0.3 is 14.7 Å². The van der Waals surface area contributed by atoms with Crippen LogP contribution in [0.25, 0.3) is 0 Å². The molecule has 1 atom stereocenters. The third-order valence-electron chi connectivity index (χ3n) is 3.17. The number of amides is 1. The SMILES string of the molecule is CN(CCCC(=O)O)C(=O)c1cnc(C2CCCO2)s1. The van der Waals surface area contributed by atoms with Crippen molar-refractivity contribution in [3.8, 4) is 0 Å². The lowest BCUT2D eigenvalue weighted by Crippen LogP contribution is -2.27. The van der Waals surface area contributed by atoms with Crippen LogP contribution in [-0.2, 0) is 9.53 Å². The molecule has 110 valence electrons. The van der Waals surface area contributed by atoms with Crippen molar-refractivity contribution >= 4 is 23.2 Å². The number of nitrogens with zero attached hydrogens (tertiary/aromatic N) is 2. The first-order valence-electron chi connectivity index (χ1n) is 6.62. The normalized spacial score (nSPS) is 18.1. The maximum Gasteiger partial charge on any atom is 0.303 e. The van der Waals surface area contributed by atoms with Gasteiger partial charge in [-0.3, -0.25) is 9.59 Å². The lowest BCUT2D eigenvalue weighted by Gasteiger charge is -2.15. The van der Waals surface area contributed by atoms with E-state index >= 15 is 0 Å². The monoisotopic (exact) mass is 298 g/mol. The van der Waals surface area contributed by atoms with Crippen LogP contribution in [0.5, 0.6) is 0 Å². The van der Waals surface area contributed by atoms with Gasteiger partial charge in [-0.2, -0.15) is 0 Å². The summed E-state index contributed by atoms with van der Waals surface area (Å²) < 4.78 is 5.54. The largest absolute Gasteiger partial charge is 0.481 e. The Morgan fingerprint density at radius 1 is 1.60 bits per heavy atom. The van der Waals surface area contributed by atoms with E-state index in [2.05, 4.69) is 4.98 Å². The third kappa shape index (κ3) is 3.77. The smallest absolute Gasteiger partial charge is 0.303 e. The van der Waals surface area contributed by atoms with E-state index in [1.165, 1.54) is 16.2 Å². The summed E-state index contributed by atoms with van der Waals surface area (Å²) in [5.74, 6) is -0.957. The van der Waals surface area contributed by atoms with Crippen molar-refractivity contribution < 1.29 is 19.4 Å². The van der Waals surface area contributed by atoms with Gasteiger partial charge in [0, 0.05) is 26.6 Å². The van der Waals surface area contributed by atoms with E-state index in [9.17, 15) is 9.59 Å². The highest BCUT2D eigenvalue weighted by Gasteiger charge is 2.23. The van der Waals surface area contributed by atoms with Crippen LogP contribution in [-0.4, -0.2) is 47.1 Å². The Morgan fingerprint density at radius 2 is 2.40 bits per heavy atom. The van der Waals surface area contributed by atoms with Gasteiger partial charge in [0.2, 0.25) is 0 Å². The van der Waals surface area contributed by atoms with E-state index in [4.69, 9.17) is 9.84 Å². The molecule has 0 bridgehead atoms. The van der Waals surface area contributed by atoms with Crippen LogP contribution in [0.15, 0.2) is 6.20 Å². The summed E-state index contributed by atoms with van der Waals surface area (Å²) in [4.78, 5) is 29.0. The van der Waals surface area contributed by atoms with Crippen LogP contribution in [0.1, 0.15) is 46.5 Å². The molecule has 0 aromatic carbocycles. The van der Waals surface area contributed by atoms with Gasteiger partial charge in [0.25, 0.3) is 5.91 Å². The summed E-state index contributed by atoms with van der Waals surface area (Å²) in [5.41, 5.74) is 0. The fraction of sp³-hybridized carbons (Fsp3) is 0.615. The highest BCUT2D eigenvalue weighted by atomic mass is 32.1. The highest BCUT2D eigenvalue weighted by Crippen LogP contribution is 2.31. The Hall–Kier alpha value is -1.47. The minimum Gasteiger partial charge on any atom is -0.481 e. The van der Waals surface area contributed by atoms with E-state index in [0.29, 0.717) is 17.8 Å². The van der Waals surface area contributed by atoms with Crippen molar-refractivity contribution in [3.05, 3.63) is 16.1 Å². The summed E-state index contributed by atoms with van der Waals surface area (Å²) in [6.07, 6.45) is 4.12. The average molecular weight is 298 g/mol. The minimum atomic E-state index is -0.843. The Morgan fingerprint density at radius 3 is 3.05 bits per heavy atom. The fourth-order valence-electron chi connectivity index (χ4n) is 2.06. The van der Waals surface area contributed by atoms with Gasteiger partial charge in [-0.25, -0.2) is 4.98 Å². The van der Waals surface area contributed by atoms with E-state index in [1.807, 2.05) is 0 Å². The summed E-state index contributed by atoms with van der Waals surface area (Å²) in [6.45, 7) is 1.18. The zero-order valence-electron chi connectivity index (χ0n) is 11.4. The first kappa shape index (κ1) is 14.9. The molecule has 20 heavy (non-hydrogen) atoms. The van der Waals surface area contributed by atoms with Gasteiger partial charge in [-0.15, -0.1) is 11.3 Å². The van der Waals surface area contributed by atoms with E-state index < -0.39 is 5.97 Å². The summed E-state index contributed by atoms with van der Waals surface area (Å²) in [7, 11) is 1.68. The molecule has 0 radical (unpaired) electrons. The maximum atomic E-state index is 12.2. The highest BCUT2D eigenvalue weighted by molar-refractivity contribution is 7.13. The van der Waals surface area contributed by atoms with E-state index in [1.54, 1.807) is 13.2 Å². The molecule has 0 spiro atoms. The number of ether oxygens (including phenoxy) is 1. The molecule has 1 aromatic heterocycles. The Labute approximate surface area is 121 Å². The first-order valence-corrected chi connectivity index (χ1v) is 7.44. The second-order valence-electron chi connectivity index (χ2n) is 4.79. The van der Waals surface area contributed by atoms with Crippen molar-refractivity contribution in [1.82, 2.24) is 9.88 Å². The molecule has 1 saturated heterocycles. The average Bonchev–Trinajstić information content (AvgIpc) is 3.07. The van der Waals surface area contributed by atoms with Crippen molar-refractivity contribution in [2.75, 3.05) is 20.2 Å². The lowest BCUT2D eigenvalue weighted by atomic mass is 10.2. The van der Waals surface area contributed by atoms with Crippen molar-refractivity contribution in [3.63, 3.8) is 0 Å². The van der Waals surface area contributed by atoms with Gasteiger partial charge in [0.05, 0.1) is 6.20 Å². The molecule has 1 unspecified atom stereocenters. The molecular weight excluding hydrogens is 280 g/mol. The predicted molar refractivity (Wildman–Crippen MR) is 73.9 cm³/mol. The molecule has 1 fully saturated rings. The molecule has 1 aliphatic rings. The molecule has 2 heterocycles. The summed E-state index contributed by atoms with van der Waals surface area (Å²) in [5, 5.41) is 9.43. The molecule has 1 aromatic rings. The van der Waals surface area contributed by atoms with Crippen LogP contribution in [0, 0.1) is 0 Å². The number of hydrogen-bond donors (Lipinski definition) is 1. The van der Waals surface area contributed by atoms with Gasteiger partial charge in [-0.1, -0.05) is 0 Å². The molecule has 2 rings (SSSR count). The van der Waals surface area contributed by atoms with Gasteiger partial charge in [0.1, 0.15) is 16.0 Å². The number of rotatable bonds is 6. The first-order chi connectivity index (χ1) is 9.58. The second-order valence-corrected chi connectivity index (χ2v) is 5.85. The topological polar surface area (TPSA) is 79.7 Å². The molecule has 0 aliphatic carbocycles. The molecule has 7 heteroatoms. The molecular formula is C13H18N2O4S. The summed E-state index contributed by atoms with van der Waals surface area (Å²) in [6, 6.07) is 0. The van der Waals surface area contributed by atoms with Crippen molar-refractivity contribution in [2.45, 2.75) is 31.8 Å². The Kier molecular flexibility index (Phi) is 5.08. The third-order valence-corrected chi connectivity index (χ3v) is 4.25. The fourth-order valence-corrected chi connectivity index (χ4v) is 3.06. The van der Waals surface area contributed by atoms with Crippen LogP contribution >= 0.6 is 11.3 Å². The zero-order chi connectivity index (χ0) is 14.5. The standard InChI is InChI=1S/C13H18N2O4S/c1-15(6-2-5-11(16)17)13(18)10-8-14-12(20-10)9-4-3-7-19-9/h8-9H,2-7H2,1H3,(H,16,17). The maximum absolute atomic E-state index is 12.2. The van der Waals surface area contributed by atoms with Gasteiger partial charge in [0.15, 0.2) is 0 Å². The molecule has 1 amide bonds. The van der Waals surface area contributed by atoms with E-state index in [-0.39, 0.29) is 18.4 Å². The van der Waals surface area contributed by atoms with Crippen LogP contribution in [0.2, 0.25) is 0 Å². The predicted octanol–water partition coefficient (Wildman–Crippen LogP) is 1.93. The molecule has 1 N–H and O–H groups in total.